The minimum atomic E-state index is -0.0589. The van der Waals surface area contributed by atoms with Gasteiger partial charge in [-0.15, -0.1) is 0 Å². The van der Waals surface area contributed by atoms with Crippen LogP contribution in [0.4, 0.5) is 0 Å². The third-order valence-electron chi connectivity index (χ3n) is 4.29. The summed E-state index contributed by atoms with van der Waals surface area (Å²) < 4.78 is 11.2. The quantitative estimate of drug-likeness (QED) is 0.776. The third-order valence-corrected chi connectivity index (χ3v) is 4.29. The zero-order chi connectivity index (χ0) is 18.5. The van der Waals surface area contributed by atoms with Gasteiger partial charge in [-0.25, -0.2) is 0 Å². The van der Waals surface area contributed by atoms with Gasteiger partial charge in [-0.2, -0.15) is 0 Å². The number of carbonyl (C=O) groups excluding carboxylic acids is 2. The van der Waals surface area contributed by atoms with E-state index in [1.807, 2.05) is 32.0 Å². The van der Waals surface area contributed by atoms with Crippen molar-refractivity contribution in [2.75, 3.05) is 19.7 Å². The standard InChI is InChI=1S/C21H23NO4/c1-15-12-22(13-16(2)26-15)20(23)14-25-19-10-8-18(9-11-19)21(24)17-6-4-3-5-7-17/h3-11,15-16H,12-14H2,1-2H3/t15-,16-/m0/s1. The van der Waals surface area contributed by atoms with Crippen LogP contribution in [0, 0.1) is 0 Å². The normalized spacial score (nSPS) is 19.8. The average molecular weight is 353 g/mol. The van der Waals surface area contributed by atoms with Crippen LogP contribution in [0.1, 0.15) is 29.8 Å². The van der Waals surface area contributed by atoms with E-state index in [1.165, 1.54) is 0 Å². The molecule has 0 aliphatic carbocycles. The van der Waals surface area contributed by atoms with Crippen molar-refractivity contribution in [1.82, 2.24) is 4.90 Å². The molecule has 1 fully saturated rings. The van der Waals surface area contributed by atoms with E-state index in [4.69, 9.17) is 9.47 Å². The van der Waals surface area contributed by atoms with Crippen molar-refractivity contribution in [3.05, 3.63) is 65.7 Å². The molecule has 0 unspecified atom stereocenters. The van der Waals surface area contributed by atoms with Crippen LogP contribution in [-0.4, -0.2) is 48.5 Å². The predicted octanol–water partition coefficient (Wildman–Crippen LogP) is 2.93. The molecular weight excluding hydrogens is 330 g/mol. The average Bonchev–Trinajstić information content (AvgIpc) is 2.66. The maximum absolute atomic E-state index is 12.4. The number of benzene rings is 2. The number of amides is 1. The molecule has 26 heavy (non-hydrogen) atoms. The first-order valence-electron chi connectivity index (χ1n) is 8.79. The highest BCUT2D eigenvalue weighted by Crippen LogP contribution is 2.16. The van der Waals surface area contributed by atoms with Crippen LogP contribution in [0.15, 0.2) is 54.6 Å². The summed E-state index contributed by atoms with van der Waals surface area (Å²) in [7, 11) is 0. The van der Waals surface area contributed by atoms with E-state index in [-0.39, 0.29) is 30.5 Å². The van der Waals surface area contributed by atoms with Gasteiger partial charge in [0.1, 0.15) is 5.75 Å². The molecule has 2 aromatic rings. The number of hydrogen-bond acceptors (Lipinski definition) is 4. The number of hydrogen-bond donors (Lipinski definition) is 0. The molecule has 5 nitrogen and oxygen atoms in total. The lowest BCUT2D eigenvalue weighted by molar-refractivity contribution is -0.145. The second-order valence-electron chi connectivity index (χ2n) is 6.56. The van der Waals surface area contributed by atoms with Gasteiger partial charge in [0.2, 0.25) is 0 Å². The van der Waals surface area contributed by atoms with Crippen LogP contribution in [-0.2, 0) is 9.53 Å². The number of carbonyl (C=O) groups is 2. The maximum Gasteiger partial charge on any atom is 0.260 e. The van der Waals surface area contributed by atoms with Crippen molar-refractivity contribution in [1.29, 1.82) is 0 Å². The van der Waals surface area contributed by atoms with Crippen LogP contribution >= 0.6 is 0 Å². The monoisotopic (exact) mass is 353 g/mol. The Bertz CT molecular complexity index is 747. The van der Waals surface area contributed by atoms with Crippen molar-refractivity contribution in [2.45, 2.75) is 26.1 Å². The Kier molecular flexibility index (Phi) is 5.68. The fourth-order valence-corrected chi connectivity index (χ4v) is 3.08. The summed E-state index contributed by atoms with van der Waals surface area (Å²) >= 11 is 0. The van der Waals surface area contributed by atoms with Gasteiger partial charge in [-0.1, -0.05) is 30.3 Å². The van der Waals surface area contributed by atoms with E-state index in [1.54, 1.807) is 41.3 Å². The molecule has 0 aromatic heterocycles. The summed E-state index contributed by atoms with van der Waals surface area (Å²) in [4.78, 5) is 26.5. The molecule has 1 heterocycles. The molecule has 3 rings (SSSR count). The first-order chi connectivity index (χ1) is 12.5. The number of morpholine rings is 1. The van der Waals surface area contributed by atoms with Crippen molar-refractivity contribution in [3.63, 3.8) is 0 Å². The Hall–Kier alpha value is -2.66. The number of nitrogens with zero attached hydrogens (tertiary/aromatic N) is 1. The van der Waals surface area contributed by atoms with Gasteiger partial charge in [0, 0.05) is 24.2 Å². The topological polar surface area (TPSA) is 55.8 Å². The van der Waals surface area contributed by atoms with Gasteiger partial charge in [-0.3, -0.25) is 9.59 Å². The van der Waals surface area contributed by atoms with Gasteiger partial charge in [-0.05, 0) is 38.1 Å². The Morgan fingerprint density at radius 1 is 0.962 bits per heavy atom. The molecular formula is C21H23NO4. The van der Waals surface area contributed by atoms with E-state index >= 15 is 0 Å². The Morgan fingerprint density at radius 3 is 2.15 bits per heavy atom. The summed E-state index contributed by atoms with van der Waals surface area (Å²) in [6, 6.07) is 16.0. The summed E-state index contributed by atoms with van der Waals surface area (Å²) in [6.07, 6.45) is 0.0666. The summed E-state index contributed by atoms with van der Waals surface area (Å²) in [6.45, 7) is 5.05. The number of ketones is 1. The second kappa shape index (κ2) is 8.15. The van der Waals surface area contributed by atoms with E-state index in [9.17, 15) is 9.59 Å². The van der Waals surface area contributed by atoms with Gasteiger partial charge in [0.05, 0.1) is 12.2 Å². The minimum Gasteiger partial charge on any atom is -0.484 e. The largest absolute Gasteiger partial charge is 0.484 e. The van der Waals surface area contributed by atoms with Crippen molar-refractivity contribution >= 4 is 11.7 Å². The first kappa shape index (κ1) is 18.1. The minimum absolute atomic E-state index is 0.0224. The van der Waals surface area contributed by atoms with Crippen LogP contribution in [0.3, 0.4) is 0 Å². The van der Waals surface area contributed by atoms with E-state index in [2.05, 4.69) is 0 Å². The van der Waals surface area contributed by atoms with Crippen molar-refractivity contribution in [2.24, 2.45) is 0 Å². The molecule has 1 saturated heterocycles. The molecule has 136 valence electrons. The number of rotatable bonds is 5. The first-order valence-corrected chi connectivity index (χ1v) is 8.79. The molecule has 1 amide bonds. The van der Waals surface area contributed by atoms with Crippen LogP contribution in [0.25, 0.3) is 0 Å². The number of ether oxygens (including phenoxy) is 2. The highest BCUT2D eigenvalue weighted by atomic mass is 16.5. The molecule has 0 N–H and O–H groups in total. The van der Waals surface area contributed by atoms with Crippen LogP contribution < -0.4 is 4.74 Å². The summed E-state index contributed by atoms with van der Waals surface area (Å²) in [5.41, 5.74) is 1.23. The SMILES string of the molecule is C[C@H]1CN(C(=O)COc2ccc(C(=O)c3ccccc3)cc2)C[C@H](C)O1. The highest BCUT2D eigenvalue weighted by Gasteiger charge is 2.25. The van der Waals surface area contributed by atoms with E-state index in [0.29, 0.717) is 30.0 Å². The lowest BCUT2D eigenvalue weighted by Gasteiger charge is -2.35. The van der Waals surface area contributed by atoms with E-state index in [0.717, 1.165) is 0 Å². The molecule has 2 atom stereocenters. The lowest BCUT2D eigenvalue weighted by atomic mass is 10.0. The Labute approximate surface area is 153 Å². The zero-order valence-corrected chi connectivity index (χ0v) is 15.1. The van der Waals surface area contributed by atoms with Gasteiger partial charge < -0.3 is 14.4 Å². The molecule has 2 aromatic carbocycles. The fourth-order valence-electron chi connectivity index (χ4n) is 3.08. The fraction of sp³-hybridized carbons (Fsp3) is 0.333. The summed E-state index contributed by atoms with van der Waals surface area (Å²) in [5.74, 6) is 0.471. The molecule has 0 bridgehead atoms. The molecule has 1 aliphatic rings. The molecule has 0 radical (unpaired) electrons. The smallest absolute Gasteiger partial charge is 0.260 e. The van der Waals surface area contributed by atoms with Crippen molar-refractivity contribution < 1.29 is 19.1 Å². The summed E-state index contributed by atoms with van der Waals surface area (Å²) in [5, 5.41) is 0. The zero-order valence-electron chi connectivity index (χ0n) is 15.1. The van der Waals surface area contributed by atoms with Crippen molar-refractivity contribution in [3.8, 4) is 5.75 Å². The highest BCUT2D eigenvalue weighted by molar-refractivity contribution is 6.08. The third kappa shape index (κ3) is 4.49. The lowest BCUT2D eigenvalue weighted by Crippen LogP contribution is -2.49. The molecule has 0 spiro atoms. The van der Waals surface area contributed by atoms with Gasteiger partial charge in [0.25, 0.3) is 5.91 Å². The molecule has 1 aliphatic heterocycles. The predicted molar refractivity (Wildman–Crippen MR) is 98.4 cm³/mol. The van der Waals surface area contributed by atoms with Gasteiger partial charge in [0.15, 0.2) is 12.4 Å². The maximum atomic E-state index is 12.4. The van der Waals surface area contributed by atoms with Crippen LogP contribution in [0.2, 0.25) is 0 Å². The Balaban J connectivity index is 1.56. The molecule has 0 saturated carbocycles. The molecule has 5 heteroatoms. The van der Waals surface area contributed by atoms with Crippen LogP contribution in [0.5, 0.6) is 5.75 Å². The van der Waals surface area contributed by atoms with Gasteiger partial charge >= 0.3 is 0 Å². The van der Waals surface area contributed by atoms with E-state index < -0.39 is 0 Å². The Morgan fingerprint density at radius 2 is 1.54 bits per heavy atom. The second-order valence-corrected chi connectivity index (χ2v) is 6.56.